The van der Waals surface area contributed by atoms with Crippen molar-refractivity contribution in [3.05, 3.63) is 25.4 Å². The number of aromatic nitrogens is 1. The molecule has 0 aliphatic rings. The second kappa shape index (κ2) is 4.39. The average Bonchev–Trinajstić information content (AvgIpc) is 2.07. The van der Waals surface area contributed by atoms with Gasteiger partial charge in [-0.1, -0.05) is 0 Å². The summed E-state index contributed by atoms with van der Waals surface area (Å²) in [6, 6.07) is 0. The summed E-state index contributed by atoms with van der Waals surface area (Å²) in [6.07, 6.45) is -3.97. The molecule has 0 saturated heterocycles. The standard InChI is InChI=1S/C7H4F3IN2O3/c1-3-5(13(14)15)4(11)2-12-6(3)16-7(8,9)10/h2H,1H3. The lowest BCUT2D eigenvalue weighted by molar-refractivity contribution is -0.386. The van der Waals surface area contributed by atoms with Gasteiger partial charge < -0.3 is 4.74 Å². The Morgan fingerprint density at radius 1 is 1.56 bits per heavy atom. The van der Waals surface area contributed by atoms with Crippen LogP contribution in [0.15, 0.2) is 6.20 Å². The summed E-state index contributed by atoms with van der Waals surface area (Å²) in [7, 11) is 0. The van der Waals surface area contributed by atoms with Crippen molar-refractivity contribution in [2.45, 2.75) is 13.3 Å². The molecule has 0 aliphatic heterocycles. The number of nitrogens with zero attached hydrogens (tertiary/aromatic N) is 2. The Morgan fingerprint density at radius 3 is 2.56 bits per heavy atom. The van der Waals surface area contributed by atoms with Crippen LogP contribution in [0.3, 0.4) is 0 Å². The van der Waals surface area contributed by atoms with Gasteiger partial charge in [0.25, 0.3) is 5.69 Å². The molecule has 0 fully saturated rings. The highest BCUT2D eigenvalue weighted by atomic mass is 127. The number of rotatable bonds is 2. The second-order valence-electron chi connectivity index (χ2n) is 2.69. The van der Waals surface area contributed by atoms with Crippen LogP contribution in [0.4, 0.5) is 18.9 Å². The molecule has 0 unspecified atom stereocenters. The summed E-state index contributed by atoms with van der Waals surface area (Å²) in [6.45, 7) is 1.15. The Balaban J connectivity index is 3.24. The Kier molecular flexibility index (Phi) is 3.55. The molecule has 1 rings (SSSR count). The molecule has 1 aromatic rings. The normalized spacial score (nSPS) is 11.3. The van der Waals surface area contributed by atoms with E-state index in [1.807, 2.05) is 0 Å². The van der Waals surface area contributed by atoms with Gasteiger partial charge in [-0.2, -0.15) is 0 Å². The number of nitro groups is 1. The highest BCUT2D eigenvalue weighted by Crippen LogP contribution is 2.32. The predicted octanol–water partition coefficient (Wildman–Crippen LogP) is 2.80. The molecule has 0 N–H and O–H groups in total. The van der Waals surface area contributed by atoms with E-state index in [0.717, 1.165) is 13.1 Å². The van der Waals surface area contributed by atoms with E-state index in [1.165, 1.54) is 0 Å². The molecule has 0 bridgehead atoms. The fourth-order valence-electron chi connectivity index (χ4n) is 0.990. The van der Waals surface area contributed by atoms with Crippen molar-refractivity contribution in [3.63, 3.8) is 0 Å². The summed E-state index contributed by atoms with van der Waals surface area (Å²) in [5, 5.41) is 10.6. The smallest absolute Gasteiger partial charge is 0.387 e. The Bertz CT molecular complexity index is 436. The first kappa shape index (κ1) is 12.9. The van der Waals surface area contributed by atoms with E-state index >= 15 is 0 Å². The molecule has 0 saturated carbocycles. The zero-order chi connectivity index (χ0) is 12.5. The maximum Gasteiger partial charge on any atom is 0.574 e. The van der Waals surface area contributed by atoms with E-state index < -0.39 is 22.9 Å². The lowest BCUT2D eigenvalue weighted by atomic mass is 10.2. The summed E-state index contributed by atoms with van der Waals surface area (Å²) < 4.78 is 39.5. The minimum absolute atomic E-state index is 0.148. The van der Waals surface area contributed by atoms with E-state index in [0.29, 0.717) is 0 Å². The number of pyridine rings is 1. The fourth-order valence-corrected chi connectivity index (χ4v) is 1.73. The van der Waals surface area contributed by atoms with E-state index in [2.05, 4.69) is 9.72 Å². The Hall–Kier alpha value is -1.13. The van der Waals surface area contributed by atoms with Crippen LogP contribution in [0, 0.1) is 20.6 Å². The van der Waals surface area contributed by atoms with Crippen molar-refractivity contribution in [2.75, 3.05) is 0 Å². The first-order valence-electron chi connectivity index (χ1n) is 3.77. The zero-order valence-electron chi connectivity index (χ0n) is 7.71. The molecule has 0 radical (unpaired) electrons. The molecule has 9 heteroatoms. The number of alkyl halides is 3. The van der Waals surface area contributed by atoms with Crippen molar-refractivity contribution in [2.24, 2.45) is 0 Å². The molecule has 0 amide bonds. The fraction of sp³-hybridized carbons (Fsp3) is 0.286. The SMILES string of the molecule is Cc1c(OC(F)(F)F)ncc(I)c1[N+](=O)[O-]. The van der Waals surface area contributed by atoms with Crippen molar-refractivity contribution >= 4 is 28.3 Å². The molecular formula is C7H4F3IN2O3. The van der Waals surface area contributed by atoms with Gasteiger partial charge in [0.1, 0.15) is 3.57 Å². The van der Waals surface area contributed by atoms with Gasteiger partial charge in [0.2, 0.25) is 5.88 Å². The Morgan fingerprint density at radius 2 is 2.12 bits per heavy atom. The van der Waals surface area contributed by atoms with Gasteiger partial charge in [0.05, 0.1) is 16.7 Å². The molecule has 1 aromatic heterocycles. The van der Waals surface area contributed by atoms with Crippen LogP contribution in [-0.2, 0) is 0 Å². The van der Waals surface area contributed by atoms with Crippen LogP contribution < -0.4 is 4.74 Å². The first-order chi connectivity index (χ1) is 7.22. The van der Waals surface area contributed by atoms with Gasteiger partial charge in [-0.05, 0) is 29.5 Å². The van der Waals surface area contributed by atoms with Crippen molar-refractivity contribution in [1.29, 1.82) is 0 Å². The molecule has 16 heavy (non-hydrogen) atoms. The predicted molar refractivity (Wildman–Crippen MR) is 55.0 cm³/mol. The molecule has 88 valence electrons. The highest BCUT2D eigenvalue weighted by molar-refractivity contribution is 14.1. The lowest BCUT2D eigenvalue weighted by Crippen LogP contribution is -2.19. The third-order valence-corrected chi connectivity index (χ3v) is 2.38. The van der Waals surface area contributed by atoms with Crippen molar-refractivity contribution < 1.29 is 22.8 Å². The van der Waals surface area contributed by atoms with Gasteiger partial charge in [0, 0.05) is 0 Å². The summed E-state index contributed by atoms with van der Waals surface area (Å²) >= 11 is 1.61. The average molecular weight is 348 g/mol. The van der Waals surface area contributed by atoms with E-state index in [9.17, 15) is 23.3 Å². The van der Waals surface area contributed by atoms with Gasteiger partial charge >= 0.3 is 6.36 Å². The molecule has 1 heterocycles. The van der Waals surface area contributed by atoms with E-state index in [4.69, 9.17) is 0 Å². The molecule has 0 spiro atoms. The van der Waals surface area contributed by atoms with Crippen LogP contribution in [0.5, 0.6) is 5.88 Å². The monoisotopic (exact) mass is 348 g/mol. The van der Waals surface area contributed by atoms with Crippen molar-refractivity contribution in [1.82, 2.24) is 4.98 Å². The van der Waals surface area contributed by atoms with Crippen LogP contribution in [0.1, 0.15) is 5.56 Å². The van der Waals surface area contributed by atoms with Gasteiger partial charge in [0.15, 0.2) is 0 Å². The maximum absolute atomic E-state index is 11.9. The first-order valence-corrected chi connectivity index (χ1v) is 4.85. The zero-order valence-corrected chi connectivity index (χ0v) is 9.87. The summed E-state index contributed by atoms with van der Waals surface area (Å²) in [5.41, 5.74) is -0.691. The Labute approximate surface area is 101 Å². The lowest BCUT2D eigenvalue weighted by Gasteiger charge is -2.10. The van der Waals surface area contributed by atoms with Crippen LogP contribution in [-0.4, -0.2) is 16.3 Å². The molecule has 0 aromatic carbocycles. The third-order valence-electron chi connectivity index (χ3n) is 1.59. The summed E-state index contributed by atoms with van der Waals surface area (Å²) in [5.74, 6) is -0.806. The van der Waals surface area contributed by atoms with Crippen LogP contribution in [0.2, 0.25) is 0 Å². The third kappa shape index (κ3) is 2.93. The van der Waals surface area contributed by atoms with Crippen LogP contribution >= 0.6 is 22.6 Å². The van der Waals surface area contributed by atoms with Gasteiger partial charge in [-0.15, -0.1) is 13.2 Å². The number of hydrogen-bond acceptors (Lipinski definition) is 4. The van der Waals surface area contributed by atoms with Gasteiger partial charge in [-0.3, -0.25) is 10.1 Å². The minimum Gasteiger partial charge on any atom is -0.387 e. The van der Waals surface area contributed by atoms with E-state index in [1.54, 1.807) is 22.6 Å². The largest absolute Gasteiger partial charge is 0.574 e. The van der Waals surface area contributed by atoms with Crippen LogP contribution in [0.25, 0.3) is 0 Å². The number of halogens is 4. The minimum atomic E-state index is -4.92. The van der Waals surface area contributed by atoms with Crippen molar-refractivity contribution in [3.8, 4) is 5.88 Å². The number of ether oxygens (including phenoxy) is 1. The topological polar surface area (TPSA) is 65.3 Å². The maximum atomic E-state index is 11.9. The van der Waals surface area contributed by atoms with E-state index in [-0.39, 0.29) is 9.13 Å². The number of hydrogen-bond donors (Lipinski definition) is 0. The molecule has 5 nitrogen and oxygen atoms in total. The molecule has 0 aliphatic carbocycles. The summed E-state index contributed by atoms with van der Waals surface area (Å²) in [4.78, 5) is 13.2. The second-order valence-corrected chi connectivity index (χ2v) is 3.85. The molecule has 0 atom stereocenters. The van der Waals surface area contributed by atoms with Gasteiger partial charge in [-0.25, -0.2) is 4.98 Å². The highest BCUT2D eigenvalue weighted by Gasteiger charge is 2.34. The quantitative estimate of drug-likeness (QED) is 0.468. The molecular weight excluding hydrogens is 344 g/mol.